The summed E-state index contributed by atoms with van der Waals surface area (Å²) < 4.78 is 43.2. The van der Waals surface area contributed by atoms with Crippen molar-refractivity contribution in [2.45, 2.75) is 57.7 Å². The average molecular weight is 517 g/mol. The molecule has 2 N–H and O–H groups in total. The van der Waals surface area contributed by atoms with Crippen LogP contribution >= 0.6 is 0 Å². The van der Waals surface area contributed by atoms with Gasteiger partial charge in [0.15, 0.2) is 17.7 Å². The van der Waals surface area contributed by atoms with Crippen LogP contribution in [0.1, 0.15) is 50.6 Å². The van der Waals surface area contributed by atoms with Crippen molar-refractivity contribution in [1.82, 2.24) is 10.3 Å². The predicted molar refractivity (Wildman–Crippen MR) is 131 cm³/mol. The molecule has 1 aromatic carbocycles. The molecular formula is C27H30F2N2O6. The van der Waals surface area contributed by atoms with Gasteiger partial charge >= 0.3 is 11.9 Å². The molecule has 10 heteroatoms. The molecule has 0 radical (unpaired) electrons. The summed E-state index contributed by atoms with van der Waals surface area (Å²) in [6.45, 7) is 4.37. The smallest absolute Gasteiger partial charge is 0.323 e. The Labute approximate surface area is 214 Å². The van der Waals surface area contributed by atoms with E-state index in [9.17, 15) is 23.5 Å². The number of nitrogens with zero attached hydrogens (tertiary/aromatic N) is 1. The van der Waals surface area contributed by atoms with E-state index in [1.54, 1.807) is 31.2 Å². The summed E-state index contributed by atoms with van der Waals surface area (Å²) in [5.41, 5.74) is 1.39. The first-order valence-corrected chi connectivity index (χ1v) is 11.7. The SMILES string of the molecule is COc1ccnc(C(O)N[C@H](C)C(=O)O[C@@H](C)C(C2=CCC(F)C=C2)c2ccc(F)cc2)c1OC(C)=O. The highest BCUT2D eigenvalue weighted by atomic mass is 19.1. The number of aliphatic hydroxyl groups excluding tert-OH is 1. The lowest BCUT2D eigenvalue weighted by molar-refractivity contribution is -0.152. The summed E-state index contributed by atoms with van der Waals surface area (Å²) in [4.78, 5) is 28.5. The highest BCUT2D eigenvalue weighted by Crippen LogP contribution is 2.35. The number of aliphatic hydroxyl groups is 1. The number of esters is 2. The molecule has 1 aromatic heterocycles. The third kappa shape index (κ3) is 7.21. The highest BCUT2D eigenvalue weighted by molar-refractivity contribution is 5.75. The van der Waals surface area contributed by atoms with Crippen LogP contribution in [0.5, 0.6) is 11.5 Å². The van der Waals surface area contributed by atoms with Crippen molar-refractivity contribution in [2.75, 3.05) is 7.11 Å². The number of aromatic nitrogens is 1. The Kier molecular flexibility index (Phi) is 9.48. The minimum atomic E-state index is -1.50. The van der Waals surface area contributed by atoms with Gasteiger partial charge in [-0.2, -0.15) is 0 Å². The van der Waals surface area contributed by atoms with Gasteiger partial charge in [0.05, 0.1) is 7.11 Å². The molecule has 0 saturated heterocycles. The number of alkyl halides is 1. The van der Waals surface area contributed by atoms with E-state index >= 15 is 0 Å². The van der Waals surface area contributed by atoms with Gasteiger partial charge in [0.2, 0.25) is 0 Å². The van der Waals surface area contributed by atoms with Crippen molar-refractivity contribution in [3.63, 3.8) is 0 Å². The number of halogens is 2. The molecule has 5 atom stereocenters. The van der Waals surface area contributed by atoms with Crippen LogP contribution in [0, 0.1) is 5.82 Å². The molecule has 1 aliphatic carbocycles. The van der Waals surface area contributed by atoms with Crippen molar-refractivity contribution >= 4 is 11.9 Å². The number of ether oxygens (including phenoxy) is 3. The lowest BCUT2D eigenvalue weighted by atomic mass is 9.84. The number of hydrogen-bond donors (Lipinski definition) is 2. The van der Waals surface area contributed by atoms with E-state index in [0.717, 1.165) is 5.57 Å². The first-order chi connectivity index (χ1) is 17.6. The Bertz CT molecular complexity index is 1170. The lowest BCUT2D eigenvalue weighted by Crippen LogP contribution is -2.40. The minimum absolute atomic E-state index is 0.0512. The van der Waals surface area contributed by atoms with Crippen LogP contribution in [0.25, 0.3) is 0 Å². The summed E-state index contributed by atoms with van der Waals surface area (Å²) in [7, 11) is 1.37. The molecule has 0 saturated carbocycles. The topological polar surface area (TPSA) is 107 Å². The first kappa shape index (κ1) is 27.9. The van der Waals surface area contributed by atoms with Gasteiger partial charge in [0.25, 0.3) is 0 Å². The summed E-state index contributed by atoms with van der Waals surface area (Å²) >= 11 is 0. The molecule has 0 bridgehead atoms. The quantitative estimate of drug-likeness (QED) is 0.360. The molecule has 37 heavy (non-hydrogen) atoms. The fourth-order valence-corrected chi connectivity index (χ4v) is 4.03. The number of carbonyl (C=O) groups is 2. The number of pyridine rings is 1. The molecule has 1 aliphatic rings. The summed E-state index contributed by atoms with van der Waals surface area (Å²) in [6.07, 6.45) is 3.05. The zero-order valence-corrected chi connectivity index (χ0v) is 21.0. The summed E-state index contributed by atoms with van der Waals surface area (Å²) in [5, 5.41) is 13.4. The van der Waals surface area contributed by atoms with E-state index in [1.807, 2.05) is 0 Å². The average Bonchev–Trinajstić information content (AvgIpc) is 2.86. The molecule has 0 aliphatic heterocycles. The Morgan fingerprint density at radius 3 is 2.49 bits per heavy atom. The van der Waals surface area contributed by atoms with Crippen molar-refractivity contribution < 1.29 is 37.7 Å². The Morgan fingerprint density at radius 1 is 1.19 bits per heavy atom. The molecule has 198 valence electrons. The lowest BCUT2D eigenvalue weighted by Gasteiger charge is -2.29. The maximum absolute atomic E-state index is 13.7. The second-order valence-electron chi connectivity index (χ2n) is 8.60. The number of hydrogen-bond acceptors (Lipinski definition) is 8. The van der Waals surface area contributed by atoms with Gasteiger partial charge in [0.1, 0.15) is 29.8 Å². The van der Waals surface area contributed by atoms with Gasteiger partial charge in [-0.05, 0) is 37.1 Å². The normalized spacial score (nSPS) is 18.2. The van der Waals surface area contributed by atoms with Crippen molar-refractivity contribution in [2.24, 2.45) is 0 Å². The summed E-state index contributed by atoms with van der Waals surface area (Å²) in [5.74, 6) is -2.10. The van der Waals surface area contributed by atoms with Gasteiger partial charge in [-0.15, -0.1) is 0 Å². The van der Waals surface area contributed by atoms with Gasteiger partial charge in [-0.25, -0.2) is 8.78 Å². The van der Waals surface area contributed by atoms with E-state index in [1.165, 1.54) is 51.4 Å². The molecule has 2 aromatic rings. The Hall–Kier alpha value is -3.63. The van der Waals surface area contributed by atoms with Crippen LogP contribution < -0.4 is 14.8 Å². The van der Waals surface area contributed by atoms with Crippen LogP contribution in [0.3, 0.4) is 0 Å². The zero-order valence-electron chi connectivity index (χ0n) is 21.0. The van der Waals surface area contributed by atoms with E-state index in [4.69, 9.17) is 14.2 Å². The molecule has 1 heterocycles. The van der Waals surface area contributed by atoms with Gasteiger partial charge < -0.3 is 19.3 Å². The number of benzene rings is 1. The number of allylic oxidation sites excluding steroid dienone is 3. The molecule has 3 rings (SSSR count). The van der Waals surface area contributed by atoms with Crippen molar-refractivity contribution in [3.05, 3.63) is 77.4 Å². The van der Waals surface area contributed by atoms with Crippen LogP contribution in [-0.4, -0.2) is 47.5 Å². The fourth-order valence-electron chi connectivity index (χ4n) is 4.03. The maximum atomic E-state index is 13.7. The third-order valence-electron chi connectivity index (χ3n) is 5.82. The van der Waals surface area contributed by atoms with E-state index in [0.29, 0.717) is 5.56 Å². The van der Waals surface area contributed by atoms with Crippen molar-refractivity contribution in [1.29, 1.82) is 0 Å². The Morgan fingerprint density at radius 2 is 1.89 bits per heavy atom. The van der Waals surface area contributed by atoms with Crippen molar-refractivity contribution in [3.8, 4) is 11.5 Å². The molecule has 0 fully saturated rings. The number of nitrogens with one attached hydrogen (secondary N) is 1. The minimum Gasteiger partial charge on any atom is -0.493 e. The third-order valence-corrected chi connectivity index (χ3v) is 5.82. The largest absolute Gasteiger partial charge is 0.493 e. The monoisotopic (exact) mass is 516 g/mol. The second-order valence-corrected chi connectivity index (χ2v) is 8.60. The number of carbonyl (C=O) groups excluding carboxylic acids is 2. The van der Waals surface area contributed by atoms with Crippen LogP contribution in [-0.2, 0) is 14.3 Å². The first-order valence-electron chi connectivity index (χ1n) is 11.7. The standard InChI is InChI=1S/C27H30F2N2O6/c1-15(31-26(33)24-25(37-17(3)32)22(35-4)13-14-30-24)27(34)36-16(2)23(18-5-9-20(28)10-6-18)19-7-11-21(29)12-8-19/h5-11,13-16,21,23,26,31,33H,12H2,1-4H3/t15-,16+,21?,23?,26?/m1/s1. The maximum Gasteiger partial charge on any atom is 0.323 e. The zero-order chi connectivity index (χ0) is 27.1. The van der Waals surface area contributed by atoms with Crippen LogP contribution in [0.4, 0.5) is 8.78 Å². The molecule has 0 spiro atoms. The molecule has 8 nitrogen and oxygen atoms in total. The molecular weight excluding hydrogens is 486 g/mol. The van der Waals surface area contributed by atoms with E-state index in [-0.39, 0.29) is 23.6 Å². The molecule has 0 amide bonds. The number of methoxy groups -OCH3 is 1. The van der Waals surface area contributed by atoms with E-state index in [2.05, 4.69) is 10.3 Å². The van der Waals surface area contributed by atoms with Crippen LogP contribution in [0.15, 0.2) is 60.3 Å². The Balaban J connectivity index is 1.76. The molecule has 3 unspecified atom stereocenters. The summed E-state index contributed by atoms with van der Waals surface area (Å²) in [6, 6.07) is 6.27. The van der Waals surface area contributed by atoms with Gasteiger partial charge in [-0.1, -0.05) is 30.4 Å². The highest BCUT2D eigenvalue weighted by Gasteiger charge is 2.30. The van der Waals surface area contributed by atoms with Gasteiger partial charge in [0, 0.05) is 31.5 Å². The predicted octanol–water partition coefficient (Wildman–Crippen LogP) is 4.06. The second kappa shape index (κ2) is 12.6. The number of rotatable bonds is 10. The van der Waals surface area contributed by atoms with E-state index < -0.39 is 48.2 Å². The van der Waals surface area contributed by atoms with Crippen LogP contribution in [0.2, 0.25) is 0 Å². The van der Waals surface area contributed by atoms with Gasteiger partial charge in [-0.3, -0.25) is 19.9 Å². The fraction of sp³-hybridized carbons (Fsp3) is 0.370.